The third kappa shape index (κ3) is 3.85. The third-order valence-electron chi connectivity index (χ3n) is 5.86. The van der Waals surface area contributed by atoms with Gasteiger partial charge in [0.1, 0.15) is 35.0 Å². The van der Waals surface area contributed by atoms with E-state index in [2.05, 4.69) is 40.5 Å². The standard InChI is InChI=1S/C26H18ClFN8/c1-14-4-6-17-16(8-10-30-24(17)35-15-5-7-20(28)19(27)11-15)21(14)36-25-18(3-2-9-29-25)22-23-26(33-12-31-22)34-13-32-23/h2-13H,1H3,(H,29,36)(H,30,35)(H,31,32,33,34). The number of rotatable bonds is 5. The number of aromatic nitrogens is 6. The van der Waals surface area contributed by atoms with E-state index >= 15 is 0 Å². The van der Waals surface area contributed by atoms with Crippen molar-refractivity contribution in [2.75, 3.05) is 10.6 Å². The first-order chi connectivity index (χ1) is 17.6. The first-order valence-electron chi connectivity index (χ1n) is 11.1. The van der Waals surface area contributed by atoms with E-state index < -0.39 is 5.82 Å². The number of benzene rings is 2. The van der Waals surface area contributed by atoms with Crippen LogP contribution in [0.1, 0.15) is 5.56 Å². The van der Waals surface area contributed by atoms with Crippen molar-refractivity contribution in [1.29, 1.82) is 0 Å². The van der Waals surface area contributed by atoms with Gasteiger partial charge in [-0.3, -0.25) is 0 Å². The van der Waals surface area contributed by atoms with E-state index in [1.807, 2.05) is 37.3 Å². The van der Waals surface area contributed by atoms with E-state index in [4.69, 9.17) is 11.6 Å². The van der Waals surface area contributed by atoms with Crippen LogP contribution in [0.25, 0.3) is 33.2 Å². The van der Waals surface area contributed by atoms with Crippen molar-refractivity contribution in [3.63, 3.8) is 0 Å². The molecule has 0 bridgehead atoms. The summed E-state index contributed by atoms with van der Waals surface area (Å²) in [6.07, 6.45) is 6.54. The van der Waals surface area contributed by atoms with Crippen molar-refractivity contribution in [2.45, 2.75) is 6.92 Å². The molecule has 0 spiro atoms. The van der Waals surface area contributed by atoms with Gasteiger partial charge in [0.05, 0.1) is 17.0 Å². The Balaban J connectivity index is 1.44. The second-order valence-electron chi connectivity index (χ2n) is 8.11. The Morgan fingerprint density at radius 3 is 2.64 bits per heavy atom. The molecule has 0 saturated heterocycles. The molecule has 36 heavy (non-hydrogen) atoms. The molecule has 3 N–H and O–H groups in total. The fourth-order valence-corrected chi connectivity index (χ4v) is 4.30. The van der Waals surface area contributed by atoms with E-state index in [1.165, 1.54) is 18.5 Å². The van der Waals surface area contributed by atoms with Gasteiger partial charge in [-0.25, -0.2) is 29.3 Å². The lowest BCUT2D eigenvalue weighted by Gasteiger charge is -2.17. The molecule has 0 aliphatic carbocycles. The maximum absolute atomic E-state index is 13.6. The maximum atomic E-state index is 13.6. The van der Waals surface area contributed by atoms with Crippen molar-refractivity contribution in [1.82, 2.24) is 29.9 Å². The summed E-state index contributed by atoms with van der Waals surface area (Å²) in [5.74, 6) is 0.776. The van der Waals surface area contributed by atoms with Crippen LogP contribution >= 0.6 is 11.6 Å². The molecule has 4 aromatic heterocycles. The smallest absolute Gasteiger partial charge is 0.161 e. The predicted molar refractivity (Wildman–Crippen MR) is 139 cm³/mol. The summed E-state index contributed by atoms with van der Waals surface area (Å²) in [6.45, 7) is 2.02. The Morgan fingerprint density at radius 1 is 0.861 bits per heavy atom. The SMILES string of the molecule is Cc1ccc2c(Nc3ccc(F)c(Cl)c3)nccc2c1Nc1ncccc1-c1ncnc2[nH]cnc12. The van der Waals surface area contributed by atoms with Gasteiger partial charge in [0.25, 0.3) is 0 Å². The number of nitrogens with one attached hydrogen (secondary N) is 3. The fourth-order valence-electron chi connectivity index (χ4n) is 4.12. The van der Waals surface area contributed by atoms with E-state index in [1.54, 1.807) is 24.8 Å². The molecule has 6 aromatic rings. The topological polar surface area (TPSA) is 104 Å². The summed E-state index contributed by atoms with van der Waals surface area (Å²) in [7, 11) is 0. The Morgan fingerprint density at radius 2 is 1.75 bits per heavy atom. The zero-order chi connectivity index (χ0) is 24.6. The minimum absolute atomic E-state index is 0.0388. The number of anilines is 4. The van der Waals surface area contributed by atoms with Gasteiger partial charge in [0.15, 0.2) is 5.65 Å². The lowest BCUT2D eigenvalue weighted by atomic mass is 10.0. The number of hydrogen-bond donors (Lipinski definition) is 3. The minimum Gasteiger partial charge on any atom is -0.340 e. The second-order valence-corrected chi connectivity index (χ2v) is 8.52. The van der Waals surface area contributed by atoms with Crippen LogP contribution in [-0.2, 0) is 0 Å². The van der Waals surface area contributed by atoms with Crippen LogP contribution in [0.4, 0.5) is 27.4 Å². The quantitative estimate of drug-likeness (QED) is 0.248. The first kappa shape index (κ1) is 21.9. The highest BCUT2D eigenvalue weighted by Crippen LogP contribution is 2.36. The fraction of sp³-hybridized carbons (Fsp3) is 0.0385. The van der Waals surface area contributed by atoms with Gasteiger partial charge in [-0.05, 0) is 48.9 Å². The highest BCUT2D eigenvalue weighted by molar-refractivity contribution is 6.31. The highest BCUT2D eigenvalue weighted by Gasteiger charge is 2.16. The van der Waals surface area contributed by atoms with Gasteiger partial charge < -0.3 is 15.6 Å². The summed E-state index contributed by atoms with van der Waals surface area (Å²) >= 11 is 5.96. The van der Waals surface area contributed by atoms with Crippen molar-refractivity contribution in [3.05, 3.63) is 90.0 Å². The molecule has 4 heterocycles. The van der Waals surface area contributed by atoms with Crippen LogP contribution in [0.3, 0.4) is 0 Å². The molecule has 8 nitrogen and oxygen atoms in total. The maximum Gasteiger partial charge on any atom is 0.161 e. The number of aromatic amines is 1. The van der Waals surface area contributed by atoms with Crippen LogP contribution in [0.5, 0.6) is 0 Å². The lowest BCUT2D eigenvalue weighted by Crippen LogP contribution is -2.02. The predicted octanol–water partition coefficient (Wildman–Crippen LogP) is 6.55. The molecule has 0 amide bonds. The zero-order valence-corrected chi connectivity index (χ0v) is 19.7. The average Bonchev–Trinajstić information content (AvgIpc) is 3.38. The normalized spacial score (nSPS) is 11.2. The summed E-state index contributed by atoms with van der Waals surface area (Å²) in [6, 6.07) is 14.2. The number of pyridine rings is 2. The van der Waals surface area contributed by atoms with E-state index in [-0.39, 0.29) is 5.02 Å². The summed E-state index contributed by atoms with van der Waals surface area (Å²) in [4.78, 5) is 25.2. The van der Waals surface area contributed by atoms with Gasteiger partial charge in [0, 0.05) is 34.4 Å². The number of fused-ring (bicyclic) bond motifs is 2. The van der Waals surface area contributed by atoms with Crippen molar-refractivity contribution in [3.8, 4) is 11.3 Å². The average molecular weight is 497 g/mol. The largest absolute Gasteiger partial charge is 0.340 e. The molecule has 0 aliphatic rings. The zero-order valence-electron chi connectivity index (χ0n) is 18.9. The van der Waals surface area contributed by atoms with Gasteiger partial charge >= 0.3 is 0 Å². The number of aryl methyl sites for hydroxylation is 1. The van der Waals surface area contributed by atoms with Crippen LogP contribution in [0.2, 0.25) is 5.02 Å². The minimum atomic E-state index is -0.475. The third-order valence-corrected chi connectivity index (χ3v) is 6.15. The molecule has 0 saturated carbocycles. The van der Waals surface area contributed by atoms with Crippen molar-refractivity contribution in [2.24, 2.45) is 0 Å². The van der Waals surface area contributed by atoms with Crippen LogP contribution in [-0.4, -0.2) is 29.9 Å². The monoisotopic (exact) mass is 496 g/mol. The lowest BCUT2D eigenvalue weighted by molar-refractivity contribution is 0.628. The summed E-state index contributed by atoms with van der Waals surface area (Å²) in [5.41, 5.74) is 5.32. The number of halogens is 2. The molecule has 0 unspecified atom stereocenters. The van der Waals surface area contributed by atoms with Crippen molar-refractivity contribution >= 4 is 56.5 Å². The molecule has 0 aliphatic heterocycles. The number of H-pyrrole nitrogens is 1. The molecular formula is C26H18ClFN8. The molecule has 10 heteroatoms. The molecular weight excluding hydrogens is 479 g/mol. The van der Waals surface area contributed by atoms with Crippen LogP contribution in [0, 0.1) is 12.7 Å². The molecule has 2 aromatic carbocycles. The second kappa shape index (κ2) is 8.86. The highest BCUT2D eigenvalue weighted by atomic mass is 35.5. The van der Waals surface area contributed by atoms with Gasteiger partial charge in [-0.15, -0.1) is 0 Å². The van der Waals surface area contributed by atoms with Gasteiger partial charge in [-0.1, -0.05) is 23.7 Å². The molecule has 0 radical (unpaired) electrons. The molecule has 176 valence electrons. The van der Waals surface area contributed by atoms with E-state index in [0.29, 0.717) is 34.2 Å². The number of imidazole rings is 1. The Kier molecular flexibility index (Phi) is 5.38. The Labute approximate surface area is 209 Å². The number of hydrogen-bond acceptors (Lipinski definition) is 7. The summed E-state index contributed by atoms with van der Waals surface area (Å²) in [5, 5.41) is 8.61. The van der Waals surface area contributed by atoms with E-state index in [0.717, 1.165) is 27.6 Å². The number of nitrogens with zero attached hydrogens (tertiary/aromatic N) is 5. The van der Waals surface area contributed by atoms with Gasteiger partial charge in [-0.2, -0.15) is 0 Å². The van der Waals surface area contributed by atoms with Crippen molar-refractivity contribution < 1.29 is 4.39 Å². The van der Waals surface area contributed by atoms with Gasteiger partial charge in [0.2, 0.25) is 0 Å². The van der Waals surface area contributed by atoms with E-state index in [9.17, 15) is 4.39 Å². The molecule has 0 fully saturated rings. The van der Waals surface area contributed by atoms with Crippen LogP contribution in [0.15, 0.2) is 73.6 Å². The molecule has 6 rings (SSSR count). The molecule has 0 atom stereocenters. The Hall–Kier alpha value is -4.63. The van der Waals surface area contributed by atoms with Crippen LogP contribution < -0.4 is 10.6 Å². The first-order valence-corrected chi connectivity index (χ1v) is 11.4. The Bertz CT molecular complexity index is 1750. The summed E-state index contributed by atoms with van der Waals surface area (Å²) < 4.78 is 13.6.